The van der Waals surface area contributed by atoms with Crippen LogP contribution >= 0.6 is 0 Å². The Morgan fingerprint density at radius 2 is 1.64 bits per heavy atom. The summed E-state index contributed by atoms with van der Waals surface area (Å²) in [5, 5.41) is 6.89. The Bertz CT molecular complexity index is 770. The van der Waals surface area contributed by atoms with Crippen molar-refractivity contribution in [1.82, 2.24) is 0 Å². The van der Waals surface area contributed by atoms with Gasteiger partial charge in [-0.15, -0.1) is 0 Å². The number of para-hydroxylation sites is 1. The van der Waals surface area contributed by atoms with Crippen LogP contribution < -0.4 is 10.1 Å². The summed E-state index contributed by atoms with van der Waals surface area (Å²) in [5.74, 6) is 1.21. The van der Waals surface area contributed by atoms with Crippen LogP contribution in [0, 0.1) is 0 Å². The highest BCUT2D eigenvalue weighted by molar-refractivity contribution is 5.93. The van der Waals surface area contributed by atoms with Crippen molar-refractivity contribution in [2.24, 2.45) is 5.16 Å². The largest absolute Gasteiger partial charge is 0.494 e. The number of hydrogen-bond donors (Lipinski definition) is 1. The quantitative estimate of drug-likeness (QED) is 0.471. The normalized spacial score (nSPS) is 11.2. The number of amides is 1. The molecule has 2 aromatic rings. The lowest BCUT2D eigenvalue weighted by Crippen LogP contribution is -2.19. The molecular weight excluding hydrogens is 352 g/mol. The number of ether oxygens (including phenoxy) is 1. The smallest absolute Gasteiger partial charge is 0.265 e. The molecule has 150 valence electrons. The lowest BCUT2D eigenvalue weighted by atomic mass is 9.92. The maximum absolute atomic E-state index is 12.4. The van der Waals surface area contributed by atoms with Crippen molar-refractivity contribution < 1.29 is 14.4 Å². The first-order valence-corrected chi connectivity index (χ1v) is 9.73. The second-order valence-electron chi connectivity index (χ2n) is 7.18. The Kier molecular flexibility index (Phi) is 8.05. The van der Waals surface area contributed by atoms with Crippen LogP contribution in [-0.4, -0.2) is 25.3 Å². The van der Waals surface area contributed by atoms with Gasteiger partial charge in [-0.2, -0.15) is 0 Å². The third kappa shape index (κ3) is 6.12. The zero-order chi connectivity index (χ0) is 20.5. The van der Waals surface area contributed by atoms with Gasteiger partial charge in [-0.3, -0.25) is 4.79 Å². The minimum atomic E-state index is -0.223. The number of nitrogens with zero attached hydrogens (tertiary/aromatic N) is 1. The van der Waals surface area contributed by atoms with Gasteiger partial charge in [-0.1, -0.05) is 51.0 Å². The van der Waals surface area contributed by atoms with Crippen molar-refractivity contribution in [3.8, 4) is 5.75 Å². The van der Waals surface area contributed by atoms with Crippen LogP contribution in [0.25, 0.3) is 0 Å². The van der Waals surface area contributed by atoms with Gasteiger partial charge < -0.3 is 14.9 Å². The molecule has 0 aliphatic heterocycles. The third-order valence-corrected chi connectivity index (χ3v) is 4.30. The van der Waals surface area contributed by atoms with E-state index in [-0.39, 0.29) is 12.5 Å². The molecule has 0 heterocycles. The van der Waals surface area contributed by atoms with E-state index < -0.39 is 0 Å². The van der Waals surface area contributed by atoms with Crippen molar-refractivity contribution >= 4 is 17.8 Å². The van der Waals surface area contributed by atoms with E-state index in [9.17, 15) is 4.79 Å². The van der Waals surface area contributed by atoms with Gasteiger partial charge in [0.15, 0.2) is 6.61 Å². The molecule has 5 heteroatoms. The minimum Gasteiger partial charge on any atom is -0.494 e. The van der Waals surface area contributed by atoms with Gasteiger partial charge in [-0.05, 0) is 59.7 Å². The first-order valence-electron chi connectivity index (χ1n) is 9.73. The van der Waals surface area contributed by atoms with Crippen LogP contribution in [0.15, 0.2) is 47.6 Å². The Labute approximate surface area is 167 Å². The third-order valence-electron chi connectivity index (χ3n) is 4.30. The van der Waals surface area contributed by atoms with Gasteiger partial charge >= 0.3 is 0 Å². The lowest BCUT2D eigenvalue weighted by molar-refractivity contribution is -0.120. The molecule has 5 nitrogen and oxygen atoms in total. The van der Waals surface area contributed by atoms with E-state index in [1.807, 2.05) is 37.3 Å². The van der Waals surface area contributed by atoms with Gasteiger partial charge in [0.05, 0.1) is 12.8 Å². The molecule has 0 spiro atoms. The van der Waals surface area contributed by atoms with E-state index in [0.717, 1.165) is 28.1 Å². The second-order valence-corrected chi connectivity index (χ2v) is 7.18. The number of rotatable bonds is 9. The van der Waals surface area contributed by atoms with Gasteiger partial charge in [0.2, 0.25) is 0 Å². The summed E-state index contributed by atoms with van der Waals surface area (Å²) in [6.45, 7) is 10.9. The highest BCUT2D eigenvalue weighted by Crippen LogP contribution is 2.32. The van der Waals surface area contributed by atoms with Crippen molar-refractivity contribution in [2.45, 2.75) is 46.5 Å². The Balaban J connectivity index is 1.95. The van der Waals surface area contributed by atoms with E-state index in [1.54, 1.807) is 6.21 Å². The van der Waals surface area contributed by atoms with Gasteiger partial charge in [0.25, 0.3) is 5.91 Å². The average molecular weight is 383 g/mol. The van der Waals surface area contributed by atoms with Crippen LogP contribution in [0.4, 0.5) is 5.69 Å². The van der Waals surface area contributed by atoms with Crippen LogP contribution in [0.1, 0.15) is 63.1 Å². The van der Waals surface area contributed by atoms with Gasteiger partial charge in [0.1, 0.15) is 5.75 Å². The number of carbonyl (C=O) groups is 1. The van der Waals surface area contributed by atoms with Crippen LogP contribution in [-0.2, 0) is 9.63 Å². The summed E-state index contributed by atoms with van der Waals surface area (Å²) in [7, 11) is 0. The molecule has 0 fully saturated rings. The Morgan fingerprint density at radius 3 is 2.18 bits per heavy atom. The number of hydrogen-bond acceptors (Lipinski definition) is 4. The second kappa shape index (κ2) is 10.5. The fourth-order valence-corrected chi connectivity index (χ4v) is 2.88. The molecule has 0 saturated heterocycles. The molecule has 0 unspecified atom stereocenters. The molecule has 0 aliphatic rings. The molecule has 0 bridgehead atoms. The van der Waals surface area contributed by atoms with E-state index in [0.29, 0.717) is 18.4 Å². The molecule has 28 heavy (non-hydrogen) atoms. The maximum Gasteiger partial charge on any atom is 0.265 e. The van der Waals surface area contributed by atoms with E-state index >= 15 is 0 Å². The van der Waals surface area contributed by atoms with E-state index in [1.165, 1.54) is 0 Å². The Hall–Kier alpha value is -2.82. The van der Waals surface area contributed by atoms with E-state index in [4.69, 9.17) is 9.57 Å². The number of anilines is 1. The SMILES string of the molecule is CCOc1ccc(/C=N\OCC(=O)Nc2c(C(C)C)cccc2C(C)C)cc1. The monoisotopic (exact) mass is 382 g/mol. The highest BCUT2D eigenvalue weighted by atomic mass is 16.6. The highest BCUT2D eigenvalue weighted by Gasteiger charge is 2.16. The molecule has 0 aliphatic carbocycles. The zero-order valence-electron chi connectivity index (χ0n) is 17.4. The predicted molar refractivity (Wildman–Crippen MR) is 114 cm³/mol. The Morgan fingerprint density at radius 1 is 1.04 bits per heavy atom. The number of oxime groups is 1. The van der Waals surface area contributed by atoms with E-state index in [2.05, 4.69) is 50.3 Å². The minimum absolute atomic E-state index is 0.141. The molecule has 2 aromatic carbocycles. The van der Waals surface area contributed by atoms with Crippen LogP contribution in [0.3, 0.4) is 0 Å². The van der Waals surface area contributed by atoms with Gasteiger partial charge in [-0.25, -0.2) is 0 Å². The molecule has 1 N–H and O–H groups in total. The molecule has 1 amide bonds. The summed E-state index contributed by atoms with van der Waals surface area (Å²) in [6.07, 6.45) is 1.57. The molecule has 0 atom stereocenters. The zero-order valence-corrected chi connectivity index (χ0v) is 17.4. The van der Waals surface area contributed by atoms with Crippen molar-refractivity contribution in [1.29, 1.82) is 0 Å². The fourth-order valence-electron chi connectivity index (χ4n) is 2.88. The summed E-state index contributed by atoms with van der Waals surface area (Å²) in [5.41, 5.74) is 4.00. The molecule has 0 aromatic heterocycles. The fraction of sp³-hybridized carbons (Fsp3) is 0.391. The van der Waals surface area contributed by atoms with Crippen LogP contribution in [0.2, 0.25) is 0 Å². The topological polar surface area (TPSA) is 59.9 Å². The average Bonchev–Trinajstić information content (AvgIpc) is 2.66. The number of nitrogens with one attached hydrogen (secondary N) is 1. The standard InChI is InChI=1S/C23H30N2O3/c1-6-27-19-12-10-18(11-13-19)14-24-28-15-22(26)25-23-20(16(2)3)8-7-9-21(23)17(4)5/h7-14,16-17H,6,15H2,1-5H3,(H,25,26)/b24-14-. The number of benzene rings is 2. The summed E-state index contributed by atoms with van der Waals surface area (Å²) in [4.78, 5) is 17.5. The first-order chi connectivity index (χ1) is 13.4. The molecule has 0 saturated carbocycles. The van der Waals surface area contributed by atoms with Crippen LogP contribution in [0.5, 0.6) is 5.75 Å². The van der Waals surface area contributed by atoms with Crippen molar-refractivity contribution in [3.63, 3.8) is 0 Å². The summed E-state index contributed by atoms with van der Waals surface area (Å²) >= 11 is 0. The lowest BCUT2D eigenvalue weighted by Gasteiger charge is -2.19. The maximum atomic E-state index is 12.4. The first kappa shape index (κ1) is 21.5. The van der Waals surface area contributed by atoms with Crippen molar-refractivity contribution in [2.75, 3.05) is 18.5 Å². The predicted octanol–water partition coefficient (Wildman–Crippen LogP) is 5.32. The molecule has 0 radical (unpaired) electrons. The van der Waals surface area contributed by atoms with Gasteiger partial charge in [0, 0.05) is 5.69 Å². The summed E-state index contributed by atoms with van der Waals surface area (Å²) in [6, 6.07) is 13.6. The van der Waals surface area contributed by atoms with Crippen molar-refractivity contribution in [3.05, 3.63) is 59.2 Å². The summed E-state index contributed by atoms with van der Waals surface area (Å²) < 4.78 is 5.40. The molecular formula is C23H30N2O3. The molecule has 2 rings (SSSR count). The number of carbonyl (C=O) groups excluding carboxylic acids is 1.